The van der Waals surface area contributed by atoms with Gasteiger partial charge in [-0.15, -0.1) is 0 Å². The van der Waals surface area contributed by atoms with Gasteiger partial charge in [0.1, 0.15) is 0 Å². The van der Waals surface area contributed by atoms with Crippen molar-refractivity contribution in [1.82, 2.24) is 9.80 Å². The van der Waals surface area contributed by atoms with E-state index >= 15 is 0 Å². The van der Waals surface area contributed by atoms with Crippen LogP contribution in [0.2, 0.25) is 0 Å². The number of amides is 1. The van der Waals surface area contributed by atoms with E-state index in [1.807, 2.05) is 6.92 Å². The van der Waals surface area contributed by atoms with E-state index in [1.54, 1.807) is 12.0 Å². The average Bonchev–Trinajstić information content (AvgIpc) is 2.60. The van der Waals surface area contributed by atoms with Gasteiger partial charge in [0.15, 0.2) is 0 Å². The molecule has 1 saturated carbocycles. The number of likely N-dealkylation sites (N-methyl/N-ethyl adjacent to an activating group) is 1. The molecule has 148 valence electrons. The Kier molecular flexibility index (Phi) is 11.9. The number of methoxy groups -OCH3 is 1. The minimum atomic E-state index is -0.792. The van der Waals surface area contributed by atoms with Crippen LogP contribution in [0.25, 0.3) is 0 Å². The van der Waals surface area contributed by atoms with E-state index in [1.165, 1.54) is 19.3 Å². The number of carbonyl (C=O) groups is 1. The van der Waals surface area contributed by atoms with Crippen molar-refractivity contribution < 1.29 is 19.4 Å². The van der Waals surface area contributed by atoms with Crippen LogP contribution in [0.3, 0.4) is 0 Å². The average molecular weight is 359 g/mol. The Labute approximate surface area is 153 Å². The topological polar surface area (TPSA) is 62.2 Å². The number of carboxylic acid groups (broad SMARTS) is 1. The lowest BCUT2D eigenvalue weighted by molar-refractivity contribution is 0.00763. The molecule has 0 aromatic rings. The summed E-state index contributed by atoms with van der Waals surface area (Å²) in [4.78, 5) is 15.1. The first-order valence-electron chi connectivity index (χ1n) is 9.87. The molecule has 1 aliphatic rings. The van der Waals surface area contributed by atoms with Crippen LogP contribution in [0.5, 0.6) is 0 Å². The minimum absolute atomic E-state index is 0.178. The number of hydrogen-bond donors (Lipinski definition) is 1. The van der Waals surface area contributed by atoms with Gasteiger partial charge in [-0.3, -0.25) is 0 Å². The monoisotopic (exact) mass is 358 g/mol. The van der Waals surface area contributed by atoms with Gasteiger partial charge in [0, 0.05) is 32.8 Å². The lowest BCUT2D eigenvalue weighted by atomic mass is 9.92. The van der Waals surface area contributed by atoms with Crippen molar-refractivity contribution in [1.29, 1.82) is 0 Å². The highest BCUT2D eigenvalue weighted by molar-refractivity contribution is 5.65. The number of ether oxygens (including phenoxy) is 2. The molecule has 0 spiro atoms. The normalized spacial score (nSPS) is 20.8. The van der Waals surface area contributed by atoms with Gasteiger partial charge in [-0.25, -0.2) is 4.79 Å². The Balaban J connectivity index is 1.99. The van der Waals surface area contributed by atoms with Crippen molar-refractivity contribution >= 4 is 6.09 Å². The number of rotatable bonds is 13. The van der Waals surface area contributed by atoms with Crippen LogP contribution in [-0.2, 0) is 9.47 Å². The molecule has 6 nitrogen and oxygen atoms in total. The van der Waals surface area contributed by atoms with E-state index in [0.29, 0.717) is 12.6 Å². The van der Waals surface area contributed by atoms with Gasteiger partial charge < -0.3 is 24.4 Å². The molecule has 1 aliphatic carbocycles. The Hall–Kier alpha value is -0.850. The fourth-order valence-electron chi connectivity index (χ4n) is 3.52. The van der Waals surface area contributed by atoms with Crippen LogP contribution in [-0.4, -0.2) is 80.2 Å². The predicted octanol–water partition coefficient (Wildman–Crippen LogP) is 3.45. The highest BCUT2D eigenvalue weighted by Crippen LogP contribution is 2.25. The van der Waals surface area contributed by atoms with Crippen LogP contribution in [0, 0.1) is 0 Å². The molecule has 0 radical (unpaired) electrons. The van der Waals surface area contributed by atoms with Crippen molar-refractivity contribution in [3.8, 4) is 0 Å². The van der Waals surface area contributed by atoms with Crippen molar-refractivity contribution in [3.63, 3.8) is 0 Å². The molecule has 1 fully saturated rings. The Morgan fingerprint density at radius 3 is 2.32 bits per heavy atom. The summed E-state index contributed by atoms with van der Waals surface area (Å²) in [6.45, 7) is 6.25. The first-order valence-corrected chi connectivity index (χ1v) is 9.87. The fourth-order valence-corrected chi connectivity index (χ4v) is 3.52. The Morgan fingerprint density at radius 2 is 1.72 bits per heavy atom. The van der Waals surface area contributed by atoms with E-state index in [4.69, 9.17) is 9.47 Å². The van der Waals surface area contributed by atoms with E-state index in [2.05, 4.69) is 11.9 Å². The third-order valence-corrected chi connectivity index (χ3v) is 5.14. The number of nitrogens with zero attached hydrogens (tertiary/aromatic N) is 2. The summed E-state index contributed by atoms with van der Waals surface area (Å²) in [6, 6.07) is 0.178. The zero-order valence-electron chi connectivity index (χ0n) is 16.4. The molecule has 1 amide bonds. The van der Waals surface area contributed by atoms with Crippen LogP contribution in [0.1, 0.15) is 58.3 Å². The van der Waals surface area contributed by atoms with E-state index in [0.717, 1.165) is 58.4 Å². The van der Waals surface area contributed by atoms with Gasteiger partial charge in [0.05, 0.1) is 12.7 Å². The maximum Gasteiger partial charge on any atom is 0.407 e. The third kappa shape index (κ3) is 9.42. The molecule has 0 aromatic carbocycles. The molecule has 0 heterocycles. The van der Waals surface area contributed by atoms with Crippen molar-refractivity contribution in [2.24, 2.45) is 0 Å². The molecule has 1 rings (SSSR count). The summed E-state index contributed by atoms with van der Waals surface area (Å²) in [5.41, 5.74) is 0. The third-order valence-electron chi connectivity index (χ3n) is 5.14. The van der Waals surface area contributed by atoms with E-state index < -0.39 is 6.09 Å². The molecule has 0 bridgehead atoms. The maximum absolute atomic E-state index is 11.2. The highest BCUT2D eigenvalue weighted by Gasteiger charge is 2.27. The quantitative estimate of drug-likeness (QED) is 0.511. The highest BCUT2D eigenvalue weighted by atomic mass is 16.5. The smallest absolute Gasteiger partial charge is 0.407 e. The van der Waals surface area contributed by atoms with Gasteiger partial charge in [-0.1, -0.05) is 12.8 Å². The summed E-state index contributed by atoms with van der Waals surface area (Å²) < 4.78 is 11.1. The van der Waals surface area contributed by atoms with Crippen LogP contribution in [0.15, 0.2) is 0 Å². The van der Waals surface area contributed by atoms with Gasteiger partial charge in [-0.2, -0.15) is 0 Å². The molecule has 0 unspecified atom stereocenters. The molecule has 0 saturated heterocycles. The first-order chi connectivity index (χ1) is 12.1. The summed E-state index contributed by atoms with van der Waals surface area (Å²) in [5, 5.41) is 9.20. The van der Waals surface area contributed by atoms with E-state index in [-0.39, 0.29) is 6.04 Å². The second-order valence-electron chi connectivity index (χ2n) is 7.08. The Morgan fingerprint density at radius 1 is 1.04 bits per heavy atom. The molecule has 1 N–H and O–H groups in total. The zero-order chi connectivity index (χ0) is 18.5. The fraction of sp³-hybridized carbons (Fsp3) is 0.947. The number of hydrogen-bond acceptors (Lipinski definition) is 4. The first kappa shape index (κ1) is 22.2. The van der Waals surface area contributed by atoms with Crippen LogP contribution < -0.4 is 0 Å². The van der Waals surface area contributed by atoms with Crippen molar-refractivity contribution in [2.45, 2.75) is 70.4 Å². The van der Waals surface area contributed by atoms with E-state index in [9.17, 15) is 9.90 Å². The summed E-state index contributed by atoms with van der Waals surface area (Å²) in [6.07, 6.45) is 8.18. The van der Waals surface area contributed by atoms with Crippen LogP contribution >= 0.6 is 0 Å². The molecule has 0 atom stereocenters. The Bertz CT molecular complexity index is 346. The molecular formula is C19H38N2O4. The number of unbranched alkanes of at least 4 members (excludes halogenated alkanes) is 3. The van der Waals surface area contributed by atoms with Gasteiger partial charge in [0.2, 0.25) is 0 Å². The SMILES string of the molecule is CCN(C(=O)O)C1CCC(OCCCCCCN(C)CCOC)CC1. The minimum Gasteiger partial charge on any atom is -0.465 e. The van der Waals surface area contributed by atoms with Gasteiger partial charge in [0.25, 0.3) is 0 Å². The van der Waals surface area contributed by atoms with Crippen molar-refractivity contribution in [2.75, 3.05) is 47.0 Å². The summed E-state index contributed by atoms with van der Waals surface area (Å²) in [5.74, 6) is 0. The van der Waals surface area contributed by atoms with Crippen molar-refractivity contribution in [3.05, 3.63) is 0 Å². The zero-order valence-corrected chi connectivity index (χ0v) is 16.4. The largest absolute Gasteiger partial charge is 0.465 e. The molecule has 0 aromatic heterocycles. The molecule has 6 heteroatoms. The second-order valence-corrected chi connectivity index (χ2v) is 7.08. The lowest BCUT2D eigenvalue weighted by Crippen LogP contribution is -2.42. The maximum atomic E-state index is 11.2. The summed E-state index contributed by atoms with van der Waals surface area (Å²) >= 11 is 0. The van der Waals surface area contributed by atoms with Gasteiger partial charge >= 0.3 is 6.09 Å². The van der Waals surface area contributed by atoms with Crippen LogP contribution in [0.4, 0.5) is 4.79 Å². The second kappa shape index (κ2) is 13.4. The lowest BCUT2D eigenvalue weighted by Gasteiger charge is -2.34. The standard InChI is InChI=1S/C19H38N2O4/c1-4-21(19(22)23)17-9-11-18(12-10-17)25-15-8-6-5-7-13-20(2)14-16-24-3/h17-18H,4-16H2,1-3H3,(H,22,23). The predicted molar refractivity (Wildman–Crippen MR) is 100 cm³/mol. The molecular weight excluding hydrogens is 320 g/mol. The summed E-state index contributed by atoms with van der Waals surface area (Å²) in [7, 11) is 3.88. The van der Waals surface area contributed by atoms with Gasteiger partial charge in [-0.05, 0) is 59.0 Å². The molecule has 25 heavy (non-hydrogen) atoms. The molecule has 0 aliphatic heterocycles.